The molecule has 1 aliphatic carbocycles. The van der Waals surface area contributed by atoms with Gasteiger partial charge in [-0.2, -0.15) is 9.78 Å². The molecule has 0 bridgehead atoms. The Balaban J connectivity index is 1.69. The predicted molar refractivity (Wildman–Crippen MR) is 92.6 cm³/mol. The van der Waals surface area contributed by atoms with Gasteiger partial charge >= 0.3 is 5.97 Å². The van der Waals surface area contributed by atoms with Gasteiger partial charge in [-0.05, 0) is 25.7 Å². The molecule has 0 radical (unpaired) electrons. The number of carbonyl (C=O) groups is 1. The molecule has 2 fully saturated rings. The third kappa shape index (κ3) is 8.49. The summed E-state index contributed by atoms with van der Waals surface area (Å²) in [5, 5.41) is 8.65. The Kier molecular flexibility index (Phi) is 9.76. The fraction of sp³-hybridized carbons (Fsp3) is 0.947. The number of rotatable bonds is 6. The highest BCUT2D eigenvalue weighted by Gasteiger charge is 2.37. The van der Waals surface area contributed by atoms with Crippen LogP contribution in [0.25, 0.3) is 0 Å². The normalized spacial score (nSPS) is 23.7. The molecule has 2 aliphatic rings. The summed E-state index contributed by atoms with van der Waals surface area (Å²) in [5.41, 5.74) is 0. The second-order valence-corrected chi connectivity index (χ2v) is 7.48. The topological polar surface area (TPSA) is 74.2 Å². The van der Waals surface area contributed by atoms with Crippen LogP contribution in [-0.4, -0.2) is 30.1 Å². The average molecular weight is 358 g/mol. The largest absolute Gasteiger partial charge is 0.481 e. The lowest BCUT2D eigenvalue weighted by Gasteiger charge is -2.34. The van der Waals surface area contributed by atoms with Crippen LogP contribution in [0.2, 0.25) is 0 Å². The van der Waals surface area contributed by atoms with Crippen molar-refractivity contribution in [3.05, 3.63) is 0 Å². The maximum Gasteiger partial charge on any atom is 0.303 e. The molecule has 1 saturated heterocycles. The van der Waals surface area contributed by atoms with Crippen LogP contribution in [0.5, 0.6) is 0 Å². The van der Waals surface area contributed by atoms with Gasteiger partial charge < -0.3 is 5.11 Å². The minimum Gasteiger partial charge on any atom is -0.481 e. The molecular formula is C19H34O6. The minimum atomic E-state index is -0.746. The highest BCUT2D eigenvalue weighted by Crippen LogP contribution is 2.32. The molecule has 0 aromatic heterocycles. The molecule has 6 nitrogen and oxygen atoms in total. The highest BCUT2D eigenvalue weighted by molar-refractivity contribution is 5.66. The van der Waals surface area contributed by atoms with Gasteiger partial charge in [0.2, 0.25) is 5.79 Å². The molecule has 0 aromatic rings. The SMILES string of the molecule is O=C(O)CCCCCC1COOC2(CCCCCCCCC2)OOC1. The zero-order valence-electron chi connectivity index (χ0n) is 15.4. The van der Waals surface area contributed by atoms with Crippen molar-refractivity contribution < 1.29 is 29.5 Å². The summed E-state index contributed by atoms with van der Waals surface area (Å²) in [4.78, 5) is 33.0. The van der Waals surface area contributed by atoms with E-state index in [0.29, 0.717) is 13.2 Å². The van der Waals surface area contributed by atoms with Crippen LogP contribution >= 0.6 is 0 Å². The Bertz CT molecular complexity index is 351. The first kappa shape index (κ1) is 20.6. The van der Waals surface area contributed by atoms with Crippen LogP contribution in [0.4, 0.5) is 0 Å². The first-order valence-electron chi connectivity index (χ1n) is 10.0. The fourth-order valence-corrected chi connectivity index (χ4v) is 3.55. The van der Waals surface area contributed by atoms with Crippen LogP contribution in [0, 0.1) is 5.92 Å². The van der Waals surface area contributed by atoms with Gasteiger partial charge in [0.25, 0.3) is 0 Å². The van der Waals surface area contributed by atoms with E-state index in [2.05, 4.69) is 0 Å². The molecule has 146 valence electrons. The summed E-state index contributed by atoms with van der Waals surface area (Å²) in [6.07, 6.45) is 13.8. The molecule has 0 aromatic carbocycles. The number of hydrogen-bond donors (Lipinski definition) is 1. The molecule has 1 N–H and O–H groups in total. The van der Waals surface area contributed by atoms with E-state index in [1.54, 1.807) is 0 Å². The Morgan fingerprint density at radius 2 is 1.40 bits per heavy atom. The van der Waals surface area contributed by atoms with E-state index >= 15 is 0 Å². The zero-order valence-corrected chi connectivity index (χ0v) is 15.4. The lowest BCUT2D eigenvalue weighted by Crippen LogP contribution is -2.40. The summed E-state index contributed by atoms with van der Waals surface area (Å²) < 4.78 is 0. The van der Waals surface area contributed by atoms with E-state index < -0.39 is 11.8 Å². The number of carboxylic acids is 1. The summed E-state index contributed by atoms with van der Waals surface area (Å²) in [6.45, 7) is 1.01. The molecule has 1 aliphatic heterocycles. The Hall–Kier alpha value is -0.690. The predicted octanol–water partition coefficient (Wildman–Crippen LogP) is 4.77. The Morgan fingerprint density at radius 1 is 0.840 bits per heavy atom. The summed E-state index contributed by atoms with van der Waals surface area (Å²) >= 11 is 0. The number of aliphatic carboxylic acids is 1. The van der Waals surface area contributed by atoms with Crippen LogP contribution < -0.4 is 0 Å². The lowest BCUT2D eigenvalue weighted by molar-refractivity contribution is -0.531. The third-order valence-corrected chi connectivity index (χ3v) is 5.15. The fourth-order valence-electron chi connectivity index (χ4n) is 3.55. The van der Waals surface area contributed by atoms with Crippen molar-refractivity contribution in [2.24, 2.45) is 5.92 Å². The number of unbranched alkanes of at least 4 members (excludes halogenated alkanes) is 2. The molecular weight excluding hydrogens is 324 g/mol. The first-order chi connectivity index (χ1) is 12.2. The maximum atomic E-state index is 10.5. The first-order valence-corrected chi connectivity index (χ1v) is 10.0. The van der Waals surface area contributed by atoms with Crippen LogP contribution in [0.1, 0.15) is 89.9 Å². The molecule has 1 spiro atoms. The van der Waals surface area contributed by atoms with Gasteiger partial charge in [0.1, 0.15) is 0 Å². The van der Waals surface area contributed by atoms with E-state index in [0.717, 1.165) is 51.4 Å². The zero-order chi connectivity index (χ0) is 17.8. The monoisotopic (exact) mass is 358 g/mol. The molecule has 25 heavy (non-hydrogen) atoms. The van der Waals surface area contributed by atoms with Crippen LogP contribution in [0.15, 0.2) is 0 Å². The molecule has 6 heteroatoms. The summed E-state index contributed by atoms with van der Waals surface area (Å²) in [7, 11) is 0. The van der Waals surface area contributed by atoms with E-state index in [1.165, 1.54) is 32.1 Å². The van der Waals surface area contributed by atoms with Crippen molar-refractivity contribution in [3.8, 4) is 0 Å². The quantitative estimate of drug-likeness (QED) is 0.544. The van der Waals surface area contributed by atoms with E-state index in [-0.39, 0.29) is 12.3 Å². The van der Waals surface area contributed by atoms with Crippen molar-refractivity contribution in [2.75, 3.05) is 13.2 Å². The van der Waals surface area contributed by atoms with Crippen LogP contribution in [0.3, 0.4) is 0 Å². The maximum absolute atomic E-state index is 10.5. The van der Waals surface area contributed by atoms with Crippen molar-refractivity contribution in [2.45, 2.75) is 95.7 Å². The van der Waals surface area contributed by atoms with Gasteiger partial charge in [0, 0.05) is 25.2 Å². The molecule has 0 amide bonds. The van der Waals surface area contributed by atoms with Crippen molar-refractivity contribution >= 4 is 5.97 Å². The van der Waals surface area contributed by atoms with Crippen molar-refractivity contribution in [1.29, 1.82) is 0 Å². The van der Waals surface area contributed by atoms with Crippen molar-refractivity contribution in [3.63, 3.8) is 0 Å². The summed E-state index contributed by atoms with van der Waals surface area (Å²) in [6, 6.07) is 0. The molecule has 0 atom stereocenters. The van der Waals surface area contributed by atoms with Gasteiger partial charge in [0.05, 0.1) is 13.2 Å². The third-order valence-electron chi connectivity index (χ3n) is 5.15. The van der Waals surface area contributed by atoms with Gasteiger partial charge in [-0.3, -0.25) is 4.79 Å². The van der Waals surface area contributed by atoms with Gasteiger partial charge in [-0.25, -0.2) is 9.78 Å². The standard InChI is InChI=1S/C19H34O6/c20-18(21)12-8-6-7-11-17-15-22-24-19(25-23-16-17)13-9-4-2-1-3-5-10-14-19/h17H,1-16H2,(H,20,21). The number of hydrogen-bond acceptors (Lipinski definition) is 5. The minimum absolute atomic E-state index is 0.224. The molecule has 1 saturated carbocycles. The van der Waals surface area contributed by atoms with Gasteiger partial charge in [-0.15, -0.1) is 0 Å². The molecule has 2 rings (SSSR count). The van der Waals surface area contributed by atoms with Gasteiger partial charge in [-0.1, -0.05) is 44.9 Å². The lowest BCUT2D eigenvalue weighted by atomic mass is 9.97. The smallest absolute Gasteiger partial charge is 0.303 e. The van der Waals surface area contributed by atoms with E-state index in [9.17, 15) is 4.79 Å². The second kappa shape index (κ2) is 11.8. The average Bonchev–Trinajstić information content (AvgIpc) is 2.57. The van der Waals surface area contributed by atoms with Crippen LogP contribution in [-0.2, 0) is 24.3 Å². The van der Waals surface area contributed by atoms with E-state index in [1.807, 2.05) is 0 Å². The Morgan fingerprint density at radius 3 is 1.96 bits per heavy atom. The number of carboxylic acid groups (broad SMARTS) is 1. The highest BCUT2D eigenvalue weighted by atomic mass is 17.3. The Labute approximate surface area is 151 Å². The second-order valence-electron chi connectivity index (χ2n) is 7.48. The molecule has 0 unspecified atom stereocenters. The summed E-state index contributed by atoms with van der Waals surface area (Å²) in [5.74, 6) is -1.25. The van der Waals surface area contributed by atoms with E-state index in [4.69, 9.17) is 24.7 Å². The van der Waals surface area contributed by atoms with Gasteiger partial charge in [0.15, 0.2) is 0 Å². The van der Waals surface area contributed by atoms with Crippen molar-refractivity contribution in [1.82, 2.24) is 0 Å². The molecule has 1 heterocycles.